The predicted molar refractivity (Wildman–Crippen MR) is 88.1 cm³/mol. The summed E-state index contributed by atoms with van der Waals surface area (Å²) in [6, 6.07) is 5.60. The molecule has 0 radical (unpaired) electrons. The summed E-state index contributed by atoms with van der Waals surface area (Å²) in [5, 5.41) is -0.297. The van der Waals surface area contributed by atoms with Crippen LogP contribution in [-0.2, 0) is 0 Å². The Kier molecular flexibility index (Phi) is 3.71. The molecule has 0 saturated carbocycles. The van der Waals surface area contributed by atoms with E-state index in [4.69, 9.17) is 28.9 Å². The summed E-state index contributed by atoms with van der Waals surface area (Å²) in [4.78, 5) is 4.16. The molecule has 0 bridgehead atoms. The molecule has 108 valence electrons. The maximum absolute atomic E-state index is 13.8. The van der Waals surface area contributed by atoms with Gasteiger partial charge in [0.15, 0.2) is 5.82 Å². The number of rotatable bonds is 1. The van der Waals surface area contributed by atoms with E-state index in [1.165, 1.54) is 22.8 Å². The Labute approximate surface area is 141 Å². The fourth-order valence-electron chi connectivity index (χ4n) is 2.03. The van der Waals surface area contributed by atoms with Gasteiger partial charge in [-0.25, -0.2) is 13.8 Å². The van der Waals surface area contributed by atoms with E-state index < -0.39 is 11.6 Å². The van der Waals surface area contributed by atoms with Crippen molar-refractivity contribution < 1.29 is 8.78 Å². The first-order chi connectivity index (χ1) is 9.88. The molecule has 0 atom stereocenters. The molecule has 8 heteroatoms. The van der Waals surface area contributed by atoms with Crippen molar-refractivity contribution in [3.8, 4) is 5.69 Å². The molecule has 3 nitrogen and oxygen atoms in total. The minimum absolute atomic E-state index is 0.130. The molecule has 0 aliphatic carbocycles. The van der Waals surface area contributed by atoms with Crippen LogP contribution in [0.2, 0.25) is 10.0 Å². The Balaban J connectivity index is 2.34. The Morgan fingerprint density at radius 2 is 1.71 bits per heavy atom. The number of hydrogen-bond acceptors (Lipinski definition) is 2. The minimum atomic E-state index is -0.717. The smallest absolute Gasteiger partial charge is 0.205 e. The van der Waals surface area contributed by atoms with E-state index >= 15 is 0 Å². The molecule has 0 aliphatic rings. The van der Waals surface area contributed by atoms with Crippen LogP contribution in [0.5, 0.6) is 0 Å². The number of nitrogens with zero attached hydrogens (tertiary/aromatic N) is 2. The van der Waals surface area contributed by atoms with Gasteiger partial charge in [-0.05, 0) is 40.8 Å². The van der Waals surface area contributed by atoms with Gasteiger partial charge in [-0.2, -0.15) is 0 Å². The lowest BCUT2D eigenvalue weighted by atomic mass is 10.2. The van der Waals surface area contributed by atoms with Gasteiger partial charge in [0.25, 0.3) is 0 Å². The zero-order chi connectivity index (χ0) is 15.3. The normalized spacial score (nSPS) is 11.3. The quantitative estimate of drug-likeness (QED) is 0.437. The molecule has 2 N–H and O–H groups in total. The van der Waals surface area contributed by atoms with Gasteiger partial charge in [-0.1, -0.05) is 23.2 Å². The third-order valence-electron chi connectivity index (χ3n) is 2.95. The highest BCUT2D eigenvalue weighted by molar-refractivity contribution is 14.1. The summed E-state index contributed by atoms with van der Waals surface area (Å²) in [5.41, 5.74) is 7.25. The van der Waals surface area contributed by atoms with Crippen LogP contribution < -0.4 is 5.73 Å². The van der Waals surface area contributed by atoms with Crippen LogP contribution in [0.4, 0.5) is 14.7 Å². The van der Waals surface area contributed by atoms with Gasteiger partial charge in [0.2, 0.25) is 5.95 Å². The predicted octanol–water partition coefficient (Wildman–Crippen LogP) is 4.80. The van der Waals surface area contributed by atoms with Crippen molar-refractivity contribution in [2.45, 2.75) is 0 Å². The van der Waals surface area contributed by atoms with E-state index in [2.05, 4.69) is 4.98 Å². The zero-order valence-corrected chi connectivity index (χ0v) is 13.8. The lowest BCUT2D eigenvalue weighted by Gasteiger charge is -2.09. The molecule has 2 aromatic carbocycles. The second kappa shape index (κ2) is 5.26. The van der Waals surface area contributed by atoms with Gasteiger partial charge in [-0.15, -0.1) is 0 Å². The molecule has 3 aromatic rings. The number of anilines is 1. The number of imidazole rings is 1. The highest BCUT2D eigenvalue weighted by Gasteiger charge is 2.16. The molecule has 0 spiro atoms. The minimum Gasteiger partial charge on any atom is -0.369 e. The van der Waals surface area contributed by atoms with Crippen LogP contribution in [-0.4, -0.2) is 9.55 Å². The molecule has 0 unspecified atom stereocenters. The molecule has 1 aromatic heterocycles. The molecule has 21 heavy (non-hydrogen) atoms. The average molecular weight is 440 g/mol. The molecule has 0 amide bonds. The first-order valence-electron chi connectivity index (χ1n) is 5.66. The van der Waals surface area contributed by atoms with Crippen molar-refractivity contribution in [3.05, 3.63) is 49.5 Å². The van der Waals surface area contributed by atoms with E-state index in [0.29, 0.717) is 20.3 Å². The maximum Gasteiger partial charge on any atom is 0.205 e. The molecule has 0 aliphatic heterocycles. The number of benzene rings is 2. The van der Waals surface area contributed by atoms with Crippen LogP contribution in [0.15, 0.2) is 24.3 Å². The van der Waals surface area contributed by atoms with E-state index in [0.717, 1.165) is 0 Å². The highest BCUT2D eigenvalue weighted by Crippen LogP contribution is 2.31. The van der Waals surface area contributed by atoms with E-state index in [1.807, 2.05) is 22.6 Å². The van der Waals surface area contributed by atoms with E-state index in [-0.39, 0.29) is 16.0 Å². The monoisotopic (exact) mass is 439 g/mol. The van der Waals surface area contributed by atoms with Gasteiger partial charge in [0.1, 0.15) is 5.82 Å². The van der Waals surface area contributed by atoms with Crippen LogP contribution in [0, 0.1) is 15.2 Å². The van der Waals surface area contributed by atoms with Gasteiger partial charge in [-0.3, -0.25) is 4.57 Å². The lowest BCUT2D eigenvalue weighted by molar-refractivity contribution is 0.621. The lowest BCUT2D eigenvalue weighted by Crippen LogP contribution is -2.01. The molecule has 1 heterocycles. The van der Waals surface area contributed by atoms with Crippen molar-refractivity contribution in [1.82, 2.24) is 9.55 Å². The van der Waals surface area contributed by atoms with Crippen molar-refractivity contribution in [2.24, 2.45) is 0 Å². The number of nitrogen functional groups attached to an aromatic ring is 1. The Morgan fingerprint density at radius 3 is 2.33 bits per heavy atom. The largest absolute Gasteiger partial charge is 0.369 e. The molecular formula is C13H6Cl2F2IN3. The fraction of sp³-hybridized carbons (Fsp3) is 0. The number of nitrogens with two attached hydrogens (primary N) is 1. The summed E-state index contributed by atoms with van der Waals surface area (Å²) < 4.78 is 29.2. The number of fused-ring (bicyclic) bond motifs is 1. The molecule has 0 fully saturated rings. The zero-order valence-electron chi connectivity index (χ0n) is 10.2. The fourth-order valence-corrected chi connectivity index (χ4v) is 2.96. The van der Waals surface area contributed by atoms with Gasteiger partial charge >= 0.3 is 0 Å². The number of hydrogen-bond donors (Lipinski definition) is 1. The van der Waals surface area contributed by atoms with Crippen molar-refractivity contribution >= 4 is 62.8 Å². The number of halogens is 5. The van der Waals surface area contributed by atoms with Crippen molar-refractivity contribution in [1.29, 1.82) is 0 Å². The summed E-state index contributed by atoms with van der Waals surface area (Å²) in [6.07, 6.45) is 0. The summed E-state index contributed by atoms with van der Waals surface area (Å²) in [7, 11) is 0. The second-order valence-corrected chi connectivity index (χ2v) is 6.26. The summed E-state index contributed by atoms with van der Waals surface area (Å²) in [5.74, 6) is -0.987. The SMILES string of the molecule is Nc1nc2cc(I)c(F)cc2n1-c1cc(Cl)c(F)c(Cl)c1. The van der Waals surface area contributed by atoms with Gasteiger partial charge in [0, 0.05) is 6.07 Å². The Morgan fingerprint density at radius 1 is 1.10 bits per heavy atom. The van der Waals surface area contributed by atoms with E-state index in [9.17, 15) is 8.78 Å². The second-order valence-electron chi connectivity index (χ2n) is 4.28. The molecule has 0 saturated heterocycles. The number of aromatic nitrogens is 2. The van der Waals surface area contributed by atoms with Gasteiger partial charge < -0.3 is 5.73 Å². The van der Waals surface area contributed by atoms with Gasteiger partial charge in [0.05, 0.1) is 30.3 Å². The standard InChI is InChI=1S/C13H6Cl2F2IN3/c14-6-1-5(2-7(15)12(6)17)21-11-3-8(16)9(18)4-10(11)20-13(21)19/h1-4H,(H2,19,20). The molecular weight excluding hydrogens is 434 g/mol. The van der Waals surface area contributed by atoms with Crippen molar-refractivity contribution in [3.63, 3.8) is 0 Å². The Bertz CT molecular complexity index is 856. The topological polar surface area (TPSA) is 43.8 Å². The third-order valence-corrected chi connectivity index (χ3v) is 4.33. The highest BCUT2D eigenvalue weighted by atomic mass is 127. The third kappa shape index (κ3) is 2.45. The first kappa shape index (κ1) is 14.8. The van der Waals surface area contributed by atoms with Crippen LogP contribution in [0.25, 0.3) is 16.7 Å². The summed E-state index contributed by atoms with van der Waals surface area (Å²) >= 11 is 13.4. The first-order valence-corrected chi connectivity index (χ1v) is 7.50. The average Bonchev–Trinajstić information content (AvgIpc) is 2.71. The van der Waals surface area contributed by atoms with Crippen LogP contribution in [0.1, 0.15) is 0 Å². The van der Waals surface area contributed by atoms with Crippen LogP contribution >= 0.6 is 45.8 Å². The van der Waals surface area contributed by atoms with Crippen LogP contribution in [0.3, 0.4) is 0 Å². The molecule has 3 rings (SSSR count). The van der Waals surface area contributed by atoms with Crippen molar-refractivity contribution in [2.75, 3.05) is 5.73 Å². The maximum atomic E-state index is 13.8. The summed E-state index contributed by atoms with van der Waals surface area (Å²) in [6.45, 7) is 0. The van der Waals surface area contributed by atoms with E-state index in [1.54, 1.807) is 6.07 Å². The Hall–Kier alpha value is -1.12.